The van der Waals surface area contributed by atoms with Gasteiger partial charge in [0.15, 0.2) is 0 Å². The van der Waals surface area contributed by atoms with Crippen molar-refractivity contribution in [3.05, 3.63) is 64.5 Å². The maximum absolute atomic E-state index is 12.0. The molecule has 1 amide bonds. The maximum atomic E-state index is 12.0. The van der Waals surface area contributed by atoms with Gasteiger partial charge in [-0.25, -0.2) is 9.97 Å². The number of pyridine rings is 1. The Morgan fingerprint density at radius 1 is 1.38 bits per heavy atom. The molecule has 1 N–H and O–H groups in total. The van der Waals surface area contributed by atoms with Gasteiger partial charge in [0.25, 0.3) is 5.91 Å². The highest BCUT2D eigenvalue weighted by Gasteiger charge is 2.09. The Morgan fingerprint density at radius 3 is 2.90 bits per heavy atom. The molecule has 0 fully saturated rings. The van der Waals surface area contributed by atoms with Crippen LogP contribution in [-0.2, 0) is 6.54 Å². The first-order valence-corrected chi connectivity index (χ1v) is 7.37. The Bertz CT molecular complexity index is 731. The summed E-state index contributed by atoms with van der Waals surface area (Å²) in [4.78, 5) is 21.1. The molecule has 0 aliphatic heterocycles. The second-order valence-electron chi connectivity index (χ2n) is 4.61. The number of rotatable bonds is 4. The molecule has 6 heteroatoms. The first-order chi connectivity index (χ1) is 10.2. The number of nitrogens with zero attached hydrogens (tertiary/aromatic N) is 3. The number of hydrogen-bond donors (Lipinski definition) is 1. The maximum Gasteiger partial charge on any atom is 0.261 e. The number of aryl methyl sites for hydroxylation is 1. The molecule has 3 heterocycles. The molecule has 0 spiro atoms. The van der Waals surface area contributed by atoms with Crippen LogP contribution in [0.4, 0.5) is 0 Å². The molecule has 0 aliphatic rings. The number of aromatic nitrogens is 3. The topological polar surface area (TPSA) is 59.8 Å². The van der Waals surface area contributed by atoms with Crippen molar-refractivity contribution in [1.82, 2.24) is 19.9 Å². The van der Waals surface area contributed by atoms with Crippen LogP contribution >= 0.6 is 11.3 Å². The zero-order chi connectivity index (χ0) is 14.7. The van der Waals surface area contributed by atoms with E-state index in [-0.39, 0.29) is 5.91 Å². The van der Waals surface area contributed by atoms with E-state index in [2.05, 4.69) is 15.3 Å². The SMILES string of the molecule is Cc1ccsc1C(=O)NCc1ccc(-n2ccnc2)nc1. The molecule has 5 nitrogen and oxygen atoms in total. The number of carbonyl (C=O) groups is 1. The second kappa shape index (κ2) is 5.88. The minimum atomic E-state index is -0.0406. The largest absolute Gasteiger partial charge is 0.347 e. The lowest BCUT2D eigenvalue weighted by Crippen LogP contribution is -2.22. The van der Waals surface area contributed by atoms with E-state index < -0.39 is 0 Å². The zero-order valence-corrected chi connectivity index (χ0v) is 12.3. The summed E-state index contributed by atoms with van der Waals surface area (Å²) in [5.74, 6) is 0.762. The van der Waals surface area contributed by atoms with Crippen LogP contribution in [0.5, 0.6) is 0 Å². The fourth-order valence-electron chi connectivity index (χ4n) is 1.94. The molecule has 21 heavy (non-hydrogen) atoms. The predicted molar refractivity (Wildman–Crippen MR) is 81.6 cm³/mol. The minimum absolute atomic E-state index is 0.0406. The fourth-order valence-corrected chi connectivity index (χ4v) is 2.78. The van der Waals surface area contributed by atoms with Crippen LogP contribution in [0.25, 0.3) is 5.82 Å². The van der Waals surface area contributed by atoms with Crippen molar-refractivity contribution in [2.75, 3.05) is 0 Å². The van der Waals surface area contributed by atoms with Crippen molar-refractivity contribution in [3.8, 4) is 5.82 Å². The minimum Gasteiger partial charge on any atom is -0.347 e. The second-order valence-corrected chi connectivity index (χ2v) is 5.53. The average Bonchev–Trinajstić information content (AvgIpc) is 3.16. The van der Waals surface area contributed by atoms with Gasteiger partial charge in [0.2, 0.25) is 0 Å². The summed E-state index contributed by atoms with van der Waals surface area (Å²) in [5.41, 5.74) is 1.97. The molecule has 0 unspecified atom stereocenters. The van der Waals surface area contributed by atoms with E-state index in [4.69, 9.17) is 0 Å². The summed E-state index contributed by atoms with van der Waals surface area (Å²) in [6, 6.07) is 5.80. The van der Waals surface area contributed by atoms with Gasteiger partial charge in [0, 0.05) is 25.1 Å². The Morgan fingerprint density at radius 2 is 2.29 bits per heavy atom. The third-order valence-electron chi connectivity index (χ3n) is 3.10. The Hall–Kier alpha value is -2.47. The van der Waals surface area contributed by atoms with Crippen molar-refractivity contribution >= 4 is 17.2 Å². The number of nitrogens with one attached hydrogen (secondary N) is 1. The van der Waals surface area contributed by atoms with Gasteiger partial charge in [-0.3, -0.25) is 9.36 Å². The van der Waals surface area contributed by atoms with E-state index in [0.29, 0.717) is 6.54 Å². The van der Waals surface area contributed by atoms with E-state index in [0.717, 1.165) is 21.8 Å². The molecule has 0 saturated carbocycles. The van der Waals surface area contributed by atoms with Gasteiger partial charge < -0.3 is 5.32 Å². The highest BCUT2D eigenvalue weighted by molar-refractivity contribution is 7.12. The van der Waals surface area contributed by atoms with E-state index in [1.54, 1.807) is 18.7 Å². The Kier molecular flexibility index (Phi) is 3.79. The zero-order valence-electron chi connectivity index (χ0n) is 11.5. The van der Waals surface area contributed by atoms with E-state index in [1.807, 2.05) is 41.3 Å². The van der Waals surface area contributed by atoms with E-state index in [1.165, 1.54) is 11.3 Å². The van der Waals surface area contributed by atoms with Crippen LogP contribution in [0.1, 0.15) is 20.8 Å². The quantitative estimate of drug-likeness (QED) is 0.805. The summed E-state index contributed by atoms with van der Waals surface area (Å²) >= 11 is 1.46. The highest BCUT2D eigenvalue weighted by Crippen LogP contribution is 2.15. The monoisotopic (exact) mass is 298 g/mol. The van der Waals surface area contributed by atoms with Crippen molar-refractivity contribution in [3.63, 3.8) is 0 Å². The van der Waals surface area contributed by atoms with Gasteiger partial charge in [-0.2, -0.15) is 0 Å². The summed E-state index contributed by atoms with van der Waals surface area (Å²) in [6.45, 7) is 2.40. The van der Waals surface area contributed by atoms with Gasteiger partial charge in [-0.15, -0.1) is 11.3 Å². The summed E-state index contributed by atoms with van der Waals surface area (Å²) in [6.07, 6.45) is 7.00. The van der Waals surface area contributed by atoms with Crippen molar-refractivity contribution in [2.45, 2.75) is 13.5 Å². The number of thiophene rings is 1. The lowest BCUT2D eigenvalue weighted by Gasteiger charge is -2.06. The molecule has 0 atom stereocenters. The third kappa shape index (κ3) is 3.00. The number of hydrogen-bond acceptors (Lipinski definition) is 4. The van der Waals surface area contributed by atoms with Gasteiger partial charge >= 0.3 is 0 Å². The number of carbonyl (C=O) groups excluding carboxylic acids is 1. The smallest absolute Gasteiger partial charge is 0.261 e. The third-order valence-corrected chi connectivity index (χ3v) is 4.11. The number of imidazole rings is 1. The molecule has 106 valence electrons. The lowest BCUT2D eigenvalue weighted by atomic mass is 10.2. The Balaban J connectivity index is 1.64. The van der Waals surface area contributed by atoms with E-state index in [9.17, 15) is 4.79 Å². The van der Waals surface area contributed by atoms with Gasteiger partial charge in [0.05, 0.1) is 4.88 Å². The van der Waals surface area contributed by atoms with Crippen LogP contribution in [0.2, 0.25) is 0 Å². The van der Waals surface area contributed by atoms with Gasteiger partial charge in [-0.05, 0) is 35.6 Å². The predicted octanol–water partition coefficient (Wildman–Crippen LogP) is 2.57. The van der Waals surface area contributed by atoms with Crippen LogP contribution in [-0.4, -0.2) is 20.4 Å². The molecule has 0 aromatic carbocycles. The Labute approximate surface area is 126 Å². The molecule has 0 saturated heterocycles. The first kappa shape index (κ1) is 13.5. The number of amides is 1. The molecule has 0 bridgehead atoms. The molecule has 3 aromatic heterocycles. The normalized spacial score (nSPS) is 10.5. The van der Waals surface area contributed by atoms with E-state index >= 15 is 0 Å². The van der Waals surface area contributed by atoms with Crippen LogP contribution < -0.4 is 5.32 Å². The fraction of sp³-hybridized carbons (Fsp3) is 0.133. The highest BCUT2D eigenvalue weighted by atomic mass is 32.1. The molecule has 3 aromatic rings. The first-order valence-electron chi connectivity index (χ1n) is 6.49. The average molecular weight is 298 g/mol. The van der Waals surface area contributed by atoms with Crippen molar-refractivity contribution < 1.29 is 4.79 Å². The lowest BCUT2D eigenvalue weighted by molar-refractivity contribution is 0.0954. The molecular weight excluding hydrogens is 284 g/mol. The summed E-state index contributed by atoms with van der Waals surface area (Å²) in [7, 11) is 0. The molecule has 3 rings (SSSR count). The van der Waals surface area contributed by atoms with Crippen LogP contribution in [0.15, 0.2) is 48.5 Å². The molecule has 0 aliphatic carbocycles. The van der Waals surface area contributed by atoms with Crippen LogP contribution in [0.3, 0.4) is 0 Å². The summed E-state index contributed by atoms with van der Waals surface area (Å²) in [5, 5.41) is 4.83. The standard InChI is InChI=1S/C15H14N4OS/c1-11-4-7-21-14(11)15(20)18-9-12-2-3-13(17-8-12)19-6-5-16-10-19/h2-8,10H,9H2,1H3,(H,18,20). The molecule has 0 radical (unpaired) electrons. The summed E-state index contributed by atoms with van der Waals surface area (Å²) < 4.78 is 1.83. The van der Waals surface area contributed by atoms with Crippen molar-refractivity contribution in [2.24, 2.45) is 0 Å². The van der Waals surface area contributed by atoms with Gasteiger partial charge in [0.1, 0.15) is 12.1 Å². The van der Waals surface area contributed by atoms with Gasteiger partial charge in [-0.1, -0.05) is 6.07 Å². The van der Waals surface area contributed by atoms with Crippen molar-refractivity contribution in [1.29, 1.82) is 0 Å². The van der Waals surface area contributed by atoms with Crippen LogP contribution in [0, 0.1) is 6.92 Å². The molecular formula is C15H14N4OS.